The van der Waals surface area contributed by atoms with Crippen LogP contribution in [0.15, 0.2) is 24.3 Å². The smallest absolute Gasteiger partial charge is 0.224 e. The van der Waals surface area contributed by atoms with Crippen molar-refractivity contribution in [1.29, 1.82) is 0 Å². The highest BCUT2D eigenvalue weighted by atomic mass is 16.5. The molecule has 2 aromatic rings. The van der Waals surface area contributed by atoms with E-state index in [4.69, 9.17) is 4.74 Å². The standard InChI is InChI=1S/C13H16N4O/c1-14-13-15-11-5-3-2-4-10(11)12(16-13)17-6-8-18-9-7-17/h2-5H,6-9H2,1H3,(H,14,15,16). The Labute approximate surface area is 106 Å². The molecule has 0 aliphatic carbocycles. The van der Waals surface area contributed by atoms with E-state index in [0.29, 0.717) is 5.95 Å². The van der Waals surface area contributed by atoms with Crippen molar-refractivity contribution in [1.82, 2.24) is 9.97 Å². The maximum atomic E-state index is 5.39. The van der Waals surface area contributed by atoms with Crippen LogP contribution in [0.5, 0.6) is 0 Å². The van der Waals surface area contributed by atoms with Crippen LogP contribution in [0, 0.1) is 0 Å². The minimum Gasteiger partial charge on any atom is -0.378 e. The number of anilines is 2. The van der Waals surface area contributed by atoms with Crippen LogP contribution in [0.3, 0.4) is 0 Å². The van der Waals surface area contributed by atoms with Gasteiger partial charge in [0.05, 0.1) is 18.7 Å². The van der Waals surface area contributed by atoms with Gasteiger partial charge in [-0.1, -0.05) is 12.1 Å². The number of hydrogen-bond acceptors (Lipinski definition) is 5. The zero-order valence-electron chi connectivity index (χ0n) is 10.4. The van der Waals surface area contributed by atoms with Gasteiger partial charge in [0.15, 0.2) is 0 Å². The van der Waals surface area contributed by atoms with E-state index in [0.717, 1.165) is 43.0 Å². The molecule has 94 valence electrons. The lowest BCUT2D eigenvalue weighted by molar-refractivity contribution is 0.122. The molecule has 1 aliphatic rings. The molecule has 2 heterocycles. The Kier molecular flexibility index (Phi) is 2.98. The average molecular weight is 244 g/mol. The molecule has 0 amide bonds. The van der Waals surface area contributed by atoms with Crippen molar-refractivity contribution in [3.63, 3.8) is 0 Å². The maximum Gasteiger partial charge on any atom is 0.224 e. The van der Waals surface area contributed by atoms with E-state index in [2.05, 4.69) is 26.3 Å². The van der Waals surface area contributed by atoms with E-state index < -0.39 is 0 Å². The number of aromatic nitrogens is 2. The number of para-hydroxylation sites is 1. The first-order valence-electron chi connectivity index (χ1n) is 6.16. The van der Waals surface area contributed by atoms with Gasteiger partial charge in [-0.3, -0.25) is 0 Å². The van der Waals surface area contributed by atoms with Gasteiger partial charge in [-0.15, -0.1) is 0 Å². The fourth-order valence-corrected chi connectivity index (χ4v) is 2.19. The third-order valence-electron chi connectivity index (χ3n) is 3.12. The van der Waals surface area contributed by atoms with Gasteiger partial charge < -0.3 is 15.0 Å². The number of hydrogen-bond donors (Lipinski definition) is 1. The van der Waals surface area contributed by atoms with Crippen molar-refractivity contribution in [2.75, 3.05) is 43.6 Å². The highest BCUT2D eigenvalue weighted by Crippen LogP contribution is 2.25. The van der Waals surface area contributed by atoms with Crippen LogP contribution in [-0.4, -0.2) is 43.3 Å². The molecule has 0 unspecified atom stereocenters. The van der Waals surface area contributed by atoms with Crippen molar-refractivity contribution in [2.24, 2.45) is 0 Å². The number of rotatable bonds is 2. The van der Waals surface area contributed by atoms with E-state index >= 15 is 0 Å². The fraction of sp³-hybridized carbons (Fsp3) is 0.385. The van der Waals surface area contributed by atoms with Crippen LogP contribution in [0.1, 0.15) is 0 Å². The third kappa shape index (κ3) is 1.97. The van der Waals surface area contributed by atoms with Crippen LogP contribution in [-0.2, 0) is 4.74 Å². The van der Waals surface area contributed by atoms with Crippen molar-refractivity contribution in [3.8, 4) is 0 Å². The Morgan fingerprint density at radius 1 is 1.17 bits per heavy atom. The van der Waals surface area contributed by atoms with Gasteiger partial charge in [-0.05, 0) is 12.1 Å². The Hall–Kier alpha value is -1.88. The predicted octanol–water partition coefficient (Wildman–Crippen LogP) is 1.51. The predicted molar refractivity (Wildman–Crippen MR) is 72.1 cm³/mol. The molecule has 3 rings (SSSR count). The highest BCUT2D eigenvalue weighted by Gasteiger charge is 2.16. The van der Waals surface area contributed by atoms with Gasteiger partial charge >= 0.3 is 0 Å². The van der Waals surface area contributed by atoms with Gasteiger partial charge in [-0.2, -0.15) is 4.98 Å². The minimum atomic E-state index is 0.662. The quantitative estimate of drug-likeness (QED) is 0.867. The molecule has 1 aromatic carbocycles. The molecule has 5 nitrogen and oxygen atoms in total. The number of fused-ring (bicyclic) bond motifs is 1. The van der Waals surface area contributed by atoms with E-state index in [9.17, 15) is 0 Å². The van der Waals surface area contributed by atoms with Gasteiger partial charge in [0.2, 0.25) is 5.95 Å². The lowest BCUT2D eigenvalue weighted by Gasteiger charge is -2.28. The summed E-state index contributed by atoms with van der Waals surface area (Å²) >= 11 is 0. The molecule has 18 heavy (non-hydrogen) atoms. The van der Waals surface area contributed by atoms with Crippen LogP contribution in [0.2, 0.25) is 0 Å². The Bertz CT molecular complexity index is 552. The second kappa shape index (κ2) is 4.78. The maximum absolute atomic E-state index is 5.39. The summed E-state index contributed by atoms with van der Waals surface area (Å²) in [7, 11) is 1.84. The van der Waals surface area contributed by atoms with Gasteiger partial charge in [0.25, 0.3) is 0 Å². The zero-order chi connectivity index (χ0) is 12.4. The highest BCUT2D eigenvalue weighted by molar-refractivity contribution is 5.90. The summed E-state index contributed by atoms with van der Waals surface area (Å²) in [4.78, 5) is 11.3. The number of morpholine rings is 1. The molecule has 1 fully saturated rings. The van der Waals surface area contributed by atoms with Gasteiger partial charge in [0, 0.05) is 25.5 Å². The van der Waals surface area contributed by atoms with E-state index in [-0.39, 0.29) is 0 Å². The number of nitrogens with zero attached hydrogens (tertiary/aromatic N) is 3. The van der Waals surface area contributed by atoms with Crippen molar-refractivity contribution in [3.05, 3.63) is 24.3 Å². The number of nitrogens with one attached hydrogen (secondary N) is 1. The molecule has 0 radical (unpaired) electrons. The lowest BCUT2D eigenvalue weighted by atomic mass is 10.2. The van der Waals surface area contributed by atoms with Crippen LogP contribution >= 0.6 is 0 Å². The summed E-state index contributed by atoms with van der Waals surface area (Å²) in [6.45, 7) is 3.27. The Balaban J connectivity index is 2.12. The van der Waals surface area contributed by atoms with E-state index in [1.165, 1.54) is 0 Å². The molecule has 1 saturated heterocycles. The molecule has 0 bridgehead atoms. The Morgan fingerprint density at radius 3 is 2.72 bits per heavy atom. The number of benzene rings is 1. The van der Waals surface area contributed by atoms with Gasteiger partial charge in [-0.25, -0.2) is 4.98 Å². The zero-order valence-corrected chi connectivity index (χ0v) is 10.4. The van der Waals surface area contributed by atoms with E-state index in [1.54, 1.807) is 0 Å². The first-order valence-corrected chi connectivity index (χ1v) is 6.16. The second-order valence-corrected chi connectivity index (χ2v) is 4.24. The molecule has 0 spiro atoms. The summed E-state index contributed by atoms with van der Waals surface area (Å²) in [6.07, 6.45) is 0. The normalized spacial score (nSPS) is 15.9. The second-order valence-electron chi connectivity index (χ2n) is 4.24. The molecule has 1 aromatic heterocycles. The largest absolute Gasteiger partial charge is 0.378 e. The summed E-state index contributed by atoms with van der Waals surface area (Å²) in [5, 5.41) is 4.11. The molecule has 5 heteroatoms. The first kappa shape index (κ1) is 11.2. The van der Waals surface area contributed by atoms with E-state index in [1.807, 2.05) is 25.2 Å². The summed E-state index contributed by atoms with van der Waals surface area (Å²) in [5.41, 5.74) is 0.971. The molecule has 0 saturated carbocycles. The van der Waals surface area contributed by atoms with Crippen LogP contribution in [0.4, 0.5) is 11.8 Å². The lowest BCUT2D eigenvalue weighted by Crippen LogP contribution is -2.37. The molecule has 1 N–H and O–H groups in total. The summed E-state index contributed by atoms with van der Waals surface area (Å²) in [6, 6.07) is 8.11. The topological polar surface area (TPSA) is 50.3 Å². The van der Waals surface area contributed by atoms with Crippen molar-refractivity contribution < 1.29 is 4.74 Å². The molecular formula is C13H16N4O. The van der Waals surface area contributed by atoms with Crippen LogP contribution in [0.25, 0.3) is 10.9 Å². The summed E-state index contributed by atoms with van der Waals surface area (Å²) < 4.78 is 5.39. The Morgan fingerprint density at radius 2 is 1.94 bits per heavy atom. The monoisotopic (exact) mass is 244 g/mol. The molecule has 1 aliphatic heterocycles. The number of ether oxygens (including phenoxy) is 1. The first-order chi connectivity index (χ1) is 8.88. The molecule has 0 atom stereocenters. The van der Waals surface area contributed by atoms with Crippen LogP contribution < -0.4 is 10.2 Å². The SMILES string of the molecule is CNc1nc(N2CCOCC2)c2ccccc2n1. The van der Waals surface area contributed by atoms with Gasteiger partial charge in [0.1, 0.15) is 5.82 Å². The summed E-state index contributed by atoms with van der Waals surface area (Å²) in [5.74, 6) is 1.66. The average Bonchev–Trinajstić information content (AvgIpc) is 2.47. The minimum absolute atomic E-state index is 0.662. The fourth-order valence-electron chi connectivity index (χ4n) is 2.19. The van der Waals surface area contributed by atoms with Crippen molar-refractivity contribution >= 4 is 22.7 Å². The van der Waals surface area contributed by atoms with Crippen molar-refractivity contribution in [2.45, 2.75) is 0 Å². The molecular weight excluding hydrogens is 228 g/mol. The third-order valence-corrected chi connectivity index (χ3v) is 3.12.